The summed E-state index contributed by atoms with van der Waals surface area (Å²) in [5, 5.41) is 12.7. The third-order valence-corrected chi connectivity index (χ3v) is 3.43. The van der Waals surface area contributed by atoms with Gasteiger partial charge in [0.2, 0.25) is 0 Å². The summed E-state index contributed by atoms with van der Waals surface area (Å²) in [6.07, 6.45) is 0. The van der Waals surface area contributed by atoms with Crippen LogP contribution in [0.15, 0.2) is 42.5 Å². The summed E-state index contributed by atoms with van der Waals surface area (Å²) in [6.45, 7) is 1.26. The van der Waals surface area contributed by atoms with Gasteiger partial charge in [0.25, 0.3) is 5.91 Å². The maximum Gasteiger partial charge on any atom is 0.261 e. The minimum atomic E-state index is -0.179. The lowest BCUT2D eigenvalue weighted by atomic mass is 10.1. The van der Waals surface area contributed by atoms with Gasteiger partial charge in [0.15, 0.2) is 5.75 Å². The first-order chi connectivity index (χ1) is 10.2. The maximum atomic E-state index is 12.7. The Kier molecular flexibility index (Phi) is 3.39. The van der Waals surface area contributed by atoms with E-state index in [1.807, 2.05) is 12.1 Å². The van der Waals surface area contributed by atoms with Crippen molar-refractivity contribution in [3.8, 4) is 11.5 Å². The number of amides is 1. The van der Waals surface area contributed by atoms with Crippen LogP contribution in [-0.2, 0) is 0 Å². The van der Waals surface area contributed by atoms with Crippen LogP contribution in [0.4, 0.5) is 11.4 Å². The Morgan fingerprint density at radius 3 is 2.90 bits per heavy atom. The molecule has 1 heterocycles. The van der Waals surface area contributed by atoms with Crippen molar-refractivity contribution in [3.05, 3.63) is 48.0 Å². The van der Waals surface area contributed by atoms with Crippen molar-refractivity contribution in [2.75, 3.05) is 30.4 Å². The van der Waals surface area contributed by atoms with Crippen molar-refractivity contribution in [3.63, 3.8) is 0 Å². The van der Waals surface area contributed by atoms with E-state index in [9.17, 15) is 9.90 Å². The molecule has 0 unspecified atom stereocenters. The summed E-state index contributed by atoms with van der Waals surface area (Å²) < 4.78 is 5.63. The number of phenolic OH excluding ortho intramolecular Hbond substituents is 1. The van der Waals surface area contributed by atoms with Crippen LogP contribution in [0.25, 0.3) is 0 Å². The van der Waals surface area contributed by atoms with Gasteiger partial charge >= 0.3 is 0 Å². The van der Waals surface area contributed by atoms with Gasteiger partial charge in [0.05, 0.1) is 11.3 Å². The Balaban J connectivity index is 1.95. The Bertz CT molecular complexity index is 685. The first-order valence-electron chi connectivity index (χ1n) is 6.73. The first kappa shape index (κ1) is 13.3. The summed E-state index contributed by atoms with van der Waals surface area (Å²) in [5.74, 6) is 0.530. The Morgan fingerprint density at radius 1 is 1.29 bits per heavy atom. The predicted molar refractivity (Wildman–Crippen MR) is 81.3 cm³/mol. The molecule has 0 aromatic heterocycles. The standard InChI is InChI=1S/C16H16N2O3/c1-18(11-4-2-5-12(19)10-11)16(20)13-6-3-7-14-15(13)21-9-8-17-14/h2-7,10,17,19H,8-9H2,1H3. The smallest absolute Gasteiger partial charge is 0.261 e. The van der Waals surface area contributed by atoms with Crippen molar-refractivity contribution in [2.24, 2.45) is 0 Å². The zero-order valence-corrected chi connectivity index (χ0v) is 11.7. The van der Waals surface area contributed by atoms with Crippen molar-refractivity contribution in [2.45, 2.75) is 0 Å². The Morgan fingerprint density at radius 2 is 2.10 bits per heavy atom. The number of fused-ring (bicyclic) bond motifs is 1. The number of ether oxygens (including phenoxy) is 1. The quantitative estimate of drug-likeness (QED) is 0.889. The third kappa shape index (κ3) is 2.50. The topological polar surface area (TPSA) is 61.8 Å². The molecule has 2 aromatic rings. The number of nitrogens with zero attached hydrogens (tertiary/aromatic N) is 1. The molecule has 0 aliphatic carbocycles. The molecule has 0 saturated carbocycles. The van der Waals surface area contributed by atoms with E-state index >= 15 is 0 Å². The molecule has 0 fully saturated rings. The van der Waals surface area contributed by atoms with Gasteiger partial charge in [-0.05, 0) is 24.3 Å². The molecule has 1 amide bonds. The minimum absolute atomic E-state index is 0.125. The molecule has 2 N–H and O–H groups in total. The van der Waals surface area contributed by atoms with Crippen LogP contribution in [0.1, 0.15) is 10.4 Å². The zero-order valence-electron chi connectivity index (χ0n) is 11.7. The fourth-order valence-electron chi connectivity index (χ4n) is 2.34. The fraction of sp³-hybridized carbons (Fsp3) is 0.188. The van der Waals surface area contributed by atoms with E-state index in [1.165, 1.54) is 4.90 Å². The van der Waals surface area contributed by atoms with Crippen molar-refractivity contribution < 1.29 is 14.6 Å². The van der Waals surface area contributed by atoms with Crippen LogP contribution < -0.4 is 15.0 Å². The summed E-state index contributed by atoms with van der Waals surface area (Å²) in [5.41, 5.74) is 1.96. The highest BCUT2D eigenvalue weighted by atomic mass is 16.5. The summed E-state index contributed by atoms with van der Waals surface area (Å²) in [4.78, 5) is 14.2. The third-order valence-electron chi connectivity index (χ3n) is 3.43. The molecule has 5 heteroatoms. The summed E-state index contributed by atoms with van der Waals surface area (Å²) in [6, 6.07) is 12.0. The van der Waals surface area contributed by atoms with Gasteiger partial charge in [0, 0.05) is 25.3 Å². The maximum absolute atomic E-state index is 12.7. The number of phenols is 1. The molecule has 21 heavy (non-hydrogen) atoms. The van der Waals surface area contributed by atoms with Crippen LogP contribution in [-0.4, -0.2) is 31.2 Å². The average molecular weight is 284 g/mol. The lowest BCUT2D eigenvalue weighted by Crippen LogP contribution is -2.28. The minimum Gasteiger partial charge on any atom is -0.508 e. The van der Waals surface area contributed by atoms with E-state index in [2.05, 4.69) is 5.32 Å². The van der Waals surface area contributed by atoms with Crippen molar-refractivity contribution >= 4 is 17.3 Å². The van der Waals surface area contributed by atoms with Gasteiger partial charge in [-0.25, -0.2) is 0 Å². The molecule has 0 saturated heterocycles. The monoisotopic (exact) mass is 284 g/mol. The Hall–Kier alpha value is -2.69. The lowest BCUT2D eigenvalue weighted by molar-refractivity contribution is 0.0989. The van der Waals surface area contributed by atoms with Gasteiger partial charge in [0.1, 0.15) is 12.4 Å². The fourth-order valence-corrected chi connectivity index (χ4v) is 2.34. The highest BCUT2D eigenvalue weighted by Gasteiger charge is 2.22. The zero-order chi connectivity index (χ0) is 14.8. The molecule has 2 aromatic carbocycles. The number of para-hydroxylation sites is 1. The van der Waals surface area contributed by atoms with Crippen LogP contribution >= 0.6 is 0 Å². The van der Waals surface area contributed by atoms with Gasteiger partial charge in [-0.3, -0.25) is 4.79 Å². The van der Waals surface area contributed by atoms with Crippen molar-refractivity contribution in [1.29, 1.82) is 0 Å². The normalized spacial score (nSPS) is 12.8. The second kappa shape index (κ2) is 5.36. The number of carbonyl (C=O) groups excluding carboxylic acids is 1. The number of carbonyl (C=O) groups is 1. The molecule has 1 aliphatic rings. The predicted octanol–water partition coefficient (Wildman–Crippen LogP) is 2.47. The van der Waals surface area contributed by atoms with E-state index in [0.717, 1.165) is 12.2 Å². The summed E-state index contributed by atoms with van der Waals surface area (Å²) in [7, 11) is 1.67. The molecule has 108 valence electrons. The van der Waals surface area contributed by atoms with Crippen molar-refractivity contribution in [1.82, 2.24) is 0 Å². The van der Waals surface area contributed by atoms with E-state index in [4.69, 9.17) is 4.74 Å². The van der Waals surface area contributed by atoms with E-state index in [-0.39, 0.29) is 11.7 Å². The van der Waals surface area contributed by atoms with Crippen LogP contribution in [0.3, 0.4) is 0 Å². The lowest BCUT2D eigenvalue weighted by Gasteiger charge is -2.24. The summed E-state index contributed by atoms with van der Waals surface area (Å²) >= 11 is 0. The number of anilines is 2. The van der Waals surface area contributed by atoms with E-state index in [1.54, 1.807) is 37.4 Å². The van der Waals surface area contributed by atoms with Crippen LogP contribution in [0.5, 0.6) is 11.5 Å². The average Bonchev–Trinajstić information content (AvgIpc) is 2.53. The molecule has 0 atom stereocenters. The second-order valence-corrected chi connectivity index (χ2v) is 4.84. The molecule has 0 radical (unpaired) electrons. The number of hydrogen-bond donors (Lipinski definition) is 2. The molecule has 3 rings (SSSR count). The van der Waals surface area contributed by atoms with Crippen LogP contribution in [0.2, 0.25) is 0 Å². The van der Waals surface area contributed by atoms with Gasteiger partial charge < -0.3 is 20.1 Å². The Labute approximate surface area is 122 Å². The first-order valence-corrected chi connectivity index (χ1v) is 6.73. The van der Waals surface area contributed by atoms with E-state index in [0.29, 0.717) is 23.6 Å². The highest BCUT2D eigenvalue weighted by molar-refractivity contribution is 6.08. The molecule has 0 bridgehead atoms. The van der Waals surface area contributed by atoms with Gasteiger partial charge in [-0.2, -0.15) is 0 Å². The molecule has 1 aliphatic heterocycles. The van der Waals surface area contributed by atoms with Gasteiger partial charge in [-0.15, -0.1) is 0 Å². The van der Waals surface area contributed by atoms with E-state index < -0.39 is 0 Å². The van der Waals surface area contributed by atoms with Crippen LogP contribution in [0, 0.1) is 0 Å². The number of aromatic hydroxyl groups is 1. The highest BCUT2D eigenvalue weighted by Crippen LogP contribution is 2.32. The number of rotatable bonds is 2. The molecule has 0 spiro atoms. The SMILES string of the molecule is CN(C(=O)c1cccc2c1OCCN2)c1cccc(O)c1. The number of nitrogens with one attached hydrogen (secondary N) is 1. The number of benzene rings is 2. The number of hydrogen-bond acceptors (Lipinski definition) is 4. The van der Waals surface area contributed by atoms with Gasteiger partial charge in [-0.1, -0.05) is 12.1 Å². The molecular formula is C16H16N2O3. The largest absolute Gasteiger partial charge is 0.508 e. The molecular weight excluding hydrogens is 268 g/mol. The molecule has 5 nitrogen and oxygen atoms in total. The second-order valence-electron chi connectivity index (χ2n) is 4.84.